The molecule has 1 amide bonds. The van der Waals surface area contributed by atoms with Crippen LogP contribution in [0, 0.1) is 0 Å². The van der Waals surface area contributed by atoms with Gasteiger partial charge < -0.3 is 19.4 Å². The van der Waals surface area contributed by atoms with Crippen molar-refractivity contribution in [3.05, 3.63) is 87.0 Å². The number of hydrogen-bond donors (Lipinski definition) is 2. The number of methoxy groups -OCH3 is 1. The van der Waals surface area contributed by atoms with Crippen LogP contribution < -0.4 is 9.64 Å². The van der Waals surface area contributed by atoms with Gasteiger partial charge in [-0.1, -0.05) is 29.8 Å². The number of ether oxygens (including phenoxy) is 1. The molecule has 0 aliphatic carbocycles. The predicted octanol–water partition coefficient (Wildman–Crippen LogP) is 5.64. The van der Waals surface area contributed by atoms with Gasteiger partial charge >= 0.3 is 0 Å². The van der Waals surface area contributed by atoms with Crippen molar-refractivity contribution in [1.82, 2.24) is 0 Å². The van der Waals surface area contributed by atoms with E-state index in [-0.39, 0.29) is 22.8 Å². The number of thiophene rings is 1. The number of amides is 1. The molecule has 1 unspecified atom stereocenters. The molecular formula is C24H16ClNO6S. The number of nitrogens with zero attached hydrogens (tertiary/aromatic N) is 1. The molecule has 33 heavy (non-hydrogen) atoms. The molecule has 0 saturated carbocycles. The maximum atomic E-state index is 13.6. The zero-order valence-electron chi connectivity index (χ0n) is 17.1. The summed E-state index contributed by atoms with van der Waals surface area (Å²) < 4.78 is 11.1. The van der Waals surface area contributed by atoms with Crippen molar-refractivity contribution in [2.24, 2.45) is 0 Å². The van der Waals surface area contributed by atoms with Crippen LogP contribution >= 0.6 is 22.9 Å². The highest BCUT2D eigenvalue weighted by Crippen LogP contribution is 2.46. The van der Waals surface area contributed by atoms with Crippen LogP contribution in [0.25, 0.3) is 11.0 Å². The third-order valence-corrected chi connectivity index (χ3v) is 6.54. The summed E-state index contributed by atoms with van der Waals surface area (Å²) in [5.41, 5.74) is 0.350. The topological polar surface area (TPSA) is 100 Å². The Morgan fingerprint density at radius 1 is 1.15 bits per heavy atom. The minimum Gasteiger partial charge on any atom is -0.506 e. The third kappa shape index (κ3) is 3.35. The molecule has 1 aliphatic heterocycles. The van der Waals surface area contributed by atoms with Crippen molar-refractivity contribution in [2.45, 2.75) is 6.04 Å². The number of phenolic OH excluding ortho intramolecular Hbond substituents is 1. The fourth-order valence-electron chi connectivity index (χ4n) is 3.95. The van der Waals surface area contributed by atoms with Crippen molar-refractivity contribution in [2.75, 3.05) is 12.0 Å². The van der Waals surface area contributed by atoms with Crippen molar-refractivity contribution >= 4 is 51.3 Å². The second kappa shape index (κ2) is 7.99. The maximum absolute atomic E-state index is 13.6. The number of anilines is 1. The summed E-state index contributed by atoms with van der Waals surface area (Å²) in [4.78, 5) is 28.6. The van der Waals surface area contributed by atoms with Crippen LogP contribution in [0.1, 0.15) is 21.5 Å². The molecule has 5 rings (SSSR count). The van der Waals surface area contributed by atoms with E-state index in [4.69, 9.17) is 20.8 Å². The number of furan rings is 1. The summed E-state index contributed by atoms with van der Waals surface area (Å²) in [7, 11) is 1.45. The molecule has 2 aromatic carbocycles. The molecule has 2 aromatic heterocycles. The molecule has 0 fully saturated rings. The normalized spacial score (nSPS) is 16.1. The van der Waals surface area contributed by atoms with Gasteiger partial charge in [0.15, 0.2) is 22.9 Å². The van der Waals surface area contributed by atoms with E-state index in [1.807, 2.05) is 0 Å². The van der Waals surface area contributed by atoms with Gasteiger partial charge in [0, 0.05) is 21.4 Å². The molecule has 0 saturated heterocycles. The number of benzene rings is 2. The number of rotatable bonds is 5. The number of Topliss-reactive ketones (excluding diaryl/α,β-unsaturated/α-hetero) is 1. The molecule has 2 N–H and O–H groups in total. The van der Waals surface area contributed by atoms with Crippen LogP contribution in [0.15, 0.2) is 75.7 Å². The molecule has 1 aliphatic rings. The smallest absolute Gasteiger partial charge is 0.294 e. The summed E-state index contributed by atoms with van der Waals surface area (Å²) in [6.45, 7) is 0. The highest BCUT2D eigenvalue weighted by Gasteiger charge is 2.46. The molecule has 0 spiro atoms. The number of aromatic hydroxyl groups is 1. The summed E-state index contributed by atoms with van der Waals surface area (Å²) in [5.74, 6) is -2.05. The van der Waals surface area contributed by atoms with Crippen molar-refractivity contribution < 1.29 is 29.0 Å². The molecule has 1 atom stereocenters. The van der Waals surface area contributed by atoms with Crippen LogP contribution in [-0.2, 0) is 4.79 Å². The number of carbonyl (C=O) groups is 2. The van der Waals surface area contributed by atoms with E-state index in [0.29, 0.717) is 26.6 Å². The molecule has 0 radical (unpaired) electrons. The van der Waals surface area contributed by atoms with Crippen molar-refractivity contribution in [3.8, 4) is 11.5 Å². The van der Waals surface area contributed by atoms with E-state index in [1.54, 1.807) is 47.8 Å². The fourth-order valence-corrected chi connectivity index (χ4v) is 4.99. The van der Waals surface area contributed by atoms with E-state index in [0.717, 1.165) is 0 Å². The number of ketones is 1. The number of para-hydroxylation sites is 2. The lowest BCUT2D eigenvalue weighted by molar-refractivity contribution is -0.117. The zero-order valence-corrected chi connectivity index (χ0v) is 18.7. The van der Waals surface area contributed by atoms with Gasteiger partial charge in [-0.3, -0.25) is 14.5 Å². The summed E-state index contributed by atoms with van der Waals surface area (Å²) in [6, 6.07) is 13.5. The molecule has 4 aromatic rings. The van der Waals surface area contributed by atoms with Crippen LogP contribution in [0.4, 0.5) is 5.69 Å². The first-order valence-corrected chi connectivity index (χ1v) is 11.1. The van der Waals surface area contributed by atoms with Crippen LogP contribution in [0.5, 0.6) is 11.5 Å². The lowest BCUT2D eigenvalue weighted by atomic mass is 10.00. The molecule has 166 valence electrons. The van der Waals surface area contributed by atoms with E-state index in [2.05, 4.69) is 0 Å². The monoisotopic (exact) mass is 481 g/mol. The molecular weight excluding hydrogens is 466 g/mol. The van der Waals surface area contributed by atoms with Crippen LogP contribution in [0.2, 0.25) is 5.02 Å². The minimum absolute atomic E-state index is 0.0828. The number of aliphatic hydroxyl groups excluding tert-OH is 1. The van der Waals surface area contributed by atoms with E-state index >= 15 is 0 Å². The summed E-state index contributed by atoms with van der Waals surface area (Å²) >= 11 is 7.44. The lowest BCUT2D eigenvalue weighted by Crippen LogP contribution is -2.30. The Hall–Kier alpha value is -3.75. The molecule has 9 heteroatoms. The Labute approximate surface area is 196 Å². The Morgan fingerprint density at radius 2 is 1.94 bits per heavy atom. The first-order chi connectivity index (χ1) is 15.9. The number of carbonyl (C=O) groups excluding carboxylic acids is 2. The third-order valence-electron chi connectivity index (χ3n) is 5.40. The average molecular weight is 482 g/mol. The Morgan fingerprint density at radius 3 is 2.64 bits per heavy atom. The summed E-state index contributed by atoms with van der Waals surface area (Å²) in [6.07, 6.45) is 0. The van der Waals surface area contributed by atoms with Gasteiger partial charge in [-0.15, -0.1) is 11.3 Å². The van der Waals surface area contributed by atoms with Crippen molar-refractivity contribution in [3.63, 3.8) is 0 Å². The first-order valence-electron chi connectivity index (χ1n) is 9.80. The van der Waals surface area contributed by atoms with E-state index < -0.39 is 23.5 Å². The molecule has 0 bridgehead atoms. The Kier molecular flexibility index (Phi) is 5.11. The summed E-state index contributed by atoms with van der Waals surface area (Å²) in [5, 5.41) is 23.9. The average Bonchev–Trinajstić information content (AvgIpc) is 3.52. The molecule has 3 heterocycles. The standard InChI is InChI=1S/C24H16ClNO6S/c1-31-17-11-13(25)9-12-10-16(32-23(12)17)21(28)19-20(18-7-4-8-33-18)26(24(30)22(19)29)14-5-2-3-6-15(14)27/h2-11,20,27,29H,1H3. The Balaban J connectivity index is 1.66. The second-order valence-electron chi connectivity index (χ2n) is 7.31. The van der Waals surface area contributed by atoms with Gasteiger partial charge in [-0.2, -0.15) is 0 Å². The fraction of sp³-hybridized carbons (Fsp3) is 0.0833. The Bertz CT molecular complexity index is 1440. The van der Waals surface area contributed by atoms with Crippen LogP contribution in [0.3, 0.4) is 0 Å². The number of aliphatic hydroxyl groups is 1. The minimum atomic E-state index is -0.947. The van der Waals surface area contributed by atoms with Gasteiger partial charge in [0.2, 0.25) is 5.78 Å². The van der Waals surface area contributed by atoms with Gasteiger partial charge in [-0.05, 0) is 35.7 Å². The largest absolute Gasteiger partial charge is 0.506 e. The zero-order chi connectivity index (χ0) is 23.3. The number of halogens is 1. The van der Waals surface area contributed by atoms with Crippen LogP contribution in [-0.4, -0.2) is 29.0 Å². The number of fused-ring (bicyclic) bond motifs is 1. The van der Waals surface area contributed by atoms with Gasteiger partial charge in [-0.25, -0.2) is 0 Å². The van der Waals surface area contributed by atoms with Crippen molar-refractivity contribution in [1.29, 1.82) is 0 Å². The van der Waals surface area contributed by atoms with E-state index in [9.17, 15) is 19.8 Å². The van der Waals surface area contributed by atoms with Gasteiger partial charge in [0.25, 0.3) is 5.91 Å². The second-order valence-corrected chi connectivity index (χ2v) is 8.73. The quantitative estimate of drug-likeness (QED) is 0.357. The highest BCUT2D eigenvalue weighted by molar-refractivity contribution is 7.10. The first kappa shape index (κ1) is 21.1. The van der Waals surface area contributed by atoms with Gasteiger partial charge in [0.1, 0.15) is 11.8 Å². The lowest BCUT2D eigenvalue weighted by Gasteiger charge is -2.26. The maximum Gasteiger partial charge on any atom is 0.294 e. The van der Waals surface area contributed by atoms with Gasteiger partial charge in [0.05, 0.1) is 18.4 Å². The number of phenols is 1. The predicted molar refractivity (Wildman–Crippen MR) is 124 cm³/mol. The van der Waals surface area contributed by atoms with E-state index in [1.165, 1.54) is 35.5 Å². The molecule has 7 nitrogen and oxygen atoms in total. The number of hydrogen-bond acceptors (Lipinski definition) is 7. The SMILES string of the molecule is COc1cc(Cl)cc2cc(C(=O)C3=C(O)C(=O)N(c4ccccc4O)C3c3cccs3)oc12. The highest BCUT2D eigenvalue weighted by atomic mass is 35.5.